The minimum absolute atomic E-state index is 0.0539. The van der Waals surface area contributed by atoms with Crippen LogP contribution in [0.3, 0.4) is 0 Å². The highest BCUT2D eigenvalue weighted by molar-refractivity contribution is 5.67. The highest BCUT2D eigenvalue weighted by Crippen LogP contribution is 2.30. The number of carbonyl (C=O) groups is 1. The van der Waals surface area contributed by atoms with Crippen molar-refractivity contribution in [2.24, 2.45) is 5.92 Å². The number of nitrogens with one attached hydrogen (secondary N) is 1. The van der Waals surface area contributed by atoms with Crippen LogP contribution in [0.5, 0.6) is 0 Å². The molecule has 2 rings (SSSR count). The standard InChI is InChI=1S/C14H18FNO2/c15-13(12-7-4-8-12)9-16-14(17)18-10-11-5-2-1-3-6-11/h1-3,5-6,12-13H,4,7-10H2,(H,16,17). The van der Waals surface area contributed by atoms with Gasteiger partial charge in [0.05, 0.1) is 6.54 Å². The lowest BCUT2D eigenvalue weighted by Gasteiger charge is -2.28. The van der Waals surface area contributed by atoms with Crippen molar-refractivity contribution < 1.29 is 13.9 Å². The summed E-state index contributed by atoms with van der Waals surface area (Å²) in [6, 6.07) is 9.41. The third-order valence-corrected chi connectivity index (χ3v) is 3.32. The van der Waals surface area contributed by atoms with Crippen molar-refractivity contribution in [3.05, 3.63) is 35.9 Å². The molecular formula is C14H18FNO2. The quantitative estimate of drug-likeness (QED) is 0.873. The summed E-state index contributed by atoms with van der Waals surface area (Å²) in [5, 5.41) is 2.47. The Hall–Kier alpha value is -1.58. The van der Waals surface area contributed by atoms with E-state index in [1.807, 2.05) is 30.3 Å². The van der Waals surface area contributed by atoms with Crippen molar-refractivity contribution in [3.63, 3.8) is 0 Å². The molecule has 0 radical (unpaired) electrons. The number of rotatable bonds is 5. The van der Waals surface area contributed by atoms with Crippen LogP contribution in [-0.4, -0.2) is 18.8 Å². The fourth-order valence-corrected chi connectivity index (χ4v) is 1.92. The van der Waals surface area contributed by atoms with Gasteiger partial charge in [-0.3, -0.25) is 0 Å². The van der Waals surface area contributed by atoms with Gasteiger partial charge in [-0.1, -0.05) is 36.8 Å². The molecule has 0 spiro atoms. The van der Waals surface area contributed by atoms with E-state index in [-0.39, 0.29) is 19.1 Å². The summed E-state index contributed by atoms with van der Waals surface area (Å²) in [6.45, 7) is 0.269. The Morgan fingerprint density at radius 3 is 2.72 bits per heavy atom. The van der Waals surface area contributed by atoms with Crippen molar-refractivity contribution in [3.8, 4) is 0 Å². The average Bonchev–Trinajstić information content (AvgIpc) is 2.33. The first kappa shape index (κ1) is 12.9. The Morgan fingerprint density at radius 1 is 1.39 bits per heavy atom. The minimum Gasteiger partial charge on any atom is -0.445 e. The Balaban J connectivity index is 1.63. The Morgan fingerprint density at radius 2 is 2.11 bits per heavy atom. The molecule has 1 amide bonds. The first-order valence-electron chi connectivity index (χ1n) is 6.34. The molecule has 0 bridgehead atoms. The SMILES string of the molecule is O=C(NCC(F)C1CCC1)OCc1ccccc1. The van der Waals surface area contributed by atoms with Gasteiger partial charge in [-0.2, -0.15) is 0 Å². The fraction of sp³-hybridized carbons (Fsp3) is 0.500. The van der Waals surface area contributed by atoms with E-state index in [2.05, 4.69) is 5.32 Å². The normalized spacial score (nSPS) is 16.7. The lowest BCUT2D eigenvalue weighted by atomic mass is 9.82. The number of alkyl halides is 1. The van der Waals surface area contributed by atoms with Crippen molar-refractivity contribution in [2.45, 2.75) is 32.0 Å². The van der Waals surface area contributed by atoms with E-state index in [1.165, 1.54) is 0 Å². The van der Waals surface area contributed by atoms with Crippen LogP contribution in [0.15, 0.2) is 30.3 Å². The zero-order chi connectivity index (χ0) is 12.8. The van der Waals surface area contributed by atoms with Gasteiger partial charge in [-0.25, -0.2) is 9.18 Å². The Bertz CT molecular complexity index is 379. The van der Waals surface area contributed by atoms with Crippen molar-refractivity contribution in [1.82, 2.24) is 5.32 Å². The molecule has 1 aromatic carbocycles. The molecule has 1 aliphatic carbocycles. The summed E-state index contributed by atoms with van der Waals surface area (Å²) in [7, 11) is 0. The van der Waals surface area contributed by atoms with Gasteiger partial charge < -0.3 is 10.1 Å². The van der Waals surface area contributed by atoms with E-state index < -0.39 is 12.3 Å². The first-order valence-corrected chi connectivity index (χ1v) is 6.34. The lowest BCUT2D eigenvalue weighted by Crippen LogP contribution is -2.36. The van der Waals surface area contributed by atoms with Gasteiger partial charge in [0.25, 0.3) is 0 Å². The molecule has 1 unspecified atom stereocenters. The van der Waals surface area contributed by atoms with Gasteiger partial charge in [0, 0.05) is 0 Å². The molecule has 1 aliphatic rings. The van der Waals surface area contributed by atoms with E-state index in [4.69, 9.17) is 4.74 Å². The number of alkyl carbamates (subject to hydrolysis) is 1. The lowest BCUT2D eigenvalue weighted by molar-refractivity contribution is 0.120. The number of benzene rings is 1. The molecule has 0 heterocycles. The summed E-state index contributed by atoms with van der Waals surface area (Å²) in [6.07, 6.45) is 1.47. The van der Waals surface area contributed by atoms with Crippen LogP contribution >= 0.6 is 0 Å². The third-order valence-electron chi connectivity index (χ3n) is 3.32. The highest BCUT2D eigenvalue weighted by Gasteiger charge is 2.27. The number of ether oxygens (including phenoxy) is 1. The van der Waals surface area contributed by atoms with Gasteiger partial charge in [0.1, 0.15) is 12.8 Å². The number of carbonyl (C=O) groups excluding carboxylic acids is 1. The summed E-state index contributed by atoms with van der Waals surface area (Å²) in [5.74, 6) is 0.124. The second-order valence-corrected chi connectivity index (χ2v) is 4.65. The second kappa shape index (κ2) is 6.38. The van der Waals surface area contributed by atoms with Gasteiger partial charge in [0.2, 0.25) is 0 Å². The third kappa shape index (κ3) is 3.72. The fourth-order valence-electron chi connectivity index (χ4n) is 1.92. The molecule has 0 saturated heterocycles. The maximum Gasteiger partial charge on any atom is 0.407 e. The van der Waals surface area contributed by atoms with Gasteiger partial charge in [-0.15, -0.1) is 0 Å². The van der Waals surface area contributed by atoms with E-state index in [1.54, 1.807) is 0 Å². The second-order valence-electron chi connectivity index (χ2n) is 4.65. The minimum atomic E-state index is -0.942. The van der Waals surface area contributed by atoms with E-state index in [0.29, 0.717) is 0 Å². The van der Waals surface area contributed by atoms with Gasteiger partial charge in [-0.05, 0) is 24.3 Å². The smallest absolute Gasteiger partial charge is 0.407 e. The van der Waals surface area contributed by atoms with Crippen LogP contribution < -0.4 is 5.32 Å². The largest absolute Gasteiger partial charge is 0.445 e. The summed E-state index contributed by atoms with van der Waals surface area (Å²) in [5.41, 5.74) is 0.920. The van der Waals surface area contributed by atoms with Crippen LogP contribution in [-0.2, 0) is 11.3 Å². The van der Waals surface area contributed by atoms with E-state index in [9.17, 15) is 9.18 Å². The molecule has 4 heteroatoms. The summed E-state index contributed by atoms with van der Waals surface area (Å²) < 4.78 is 18.5. The van der Waals surface area contributed by atoms with Crippen molar-refractivity contribution in [1.29, 1.82) is 0 Å². The maximum atomic E-state index is 13.5. The van der Waals surface area contributed by atoms with Crippen molar-refractivity contribution >= 4 is 6.09 Å². The monoisotopic (exact) mass is 251 g/mol. The molecule has 1 saturated carbocycles. The van der Waals surface area contributed by atoms with Gasteiger partial charge in [0.15, 0.2) is 0 Å². The van der Waals surface area contributed by atoms with Crippen LogP contribution in [0, 0.1) is 5.92 Å². The number of hydrogen-bond donors (Lipinski definition) is 1. The molecule has 1 N–H and O–H groups in total. The van der Waals surface area contributed by atoms with Crippen LogP contribution in [0.25, 0.3) is 0 Å². The highest BCUT2D eigenvalue weighted by atomic mass is 19.1. The summed E-state index contributed by atoms with van der Waals surface area (Å²) >= 11 is 0. The predicted octanol–water partition coefficient (Wildman–Crippen LogP) is 3.05. The molecule has 18 heavy (non-hydrogen) atoms. The predicted molar refractivity (Wildman–Crippen MR) is 66.9 cm³/mol. The Labute approximate surface area is 106 Å². The molecule has 1 atom stereocenters. The van der Waals surface area contributed by atoms with E-state index in [0.717, 1.165) is 24.8 Å². The molecule has 1 fully saturated rings. The molecule has 98 valence electrons. The zero-order valence-corrected chi connectivity index (χ0v) is 10.3. The first-order chi connectivity index (χ1) is 8.75. The topological polar surface area (TPSA) is 38.3 Å². The Kier molecular flexibility index (Phi) is 4.56. The molecule has 0 aromatic heterocycles. The average molecular weight is 251 g/mol. The van der Waals surface area contributed by atoms with Crippen LogP contribution in [0.2, 0.25) is 0 Å². The van der Waals surface area contributed by atoms with E-state index >= 15 is 0 Å². The van der Waals surface area contributed by atoms with Crippen LogP contribution in [0.4, 0.5) is 9.18 Å². The molecule has 3 nitrogen and oxygen atoms in total. The molecule has 1 aromatic rings. The molecular weight excluding hydrogens is 233 g/mol. The van der Waals surface area contributed by atoms with Crippen LogP contribution in [0.1, 0.15) is 24.8 Å². The number of hydrogen-bond acceptors (Lipinski definition) is 2. The van der Waals surface area contributed by atoms with Gasteiger partial charge >= 0.3 is 6.09 Å². The zero-order valence-electron chi connectivity index (χ0n) is 10.3. The molecule has 0 aliphatic heterocycles. The number of halogens is 1. The maximum absolute atomic E-state index is 13.5. The number of amides is 1. The summed E-state index contributed by atoms with van der Waals surface area (Å²) in [4.78, 5) is 11.3. The van der Waals surface area contributed by atoms with Crippen molar-refractivity contribution in [2.75, 3.05) is 6.54 Å².